The normalized spacial score (nSPS) is 12.1. The predicted molar refractivity (Wildman–Crippen MR) is 126 cm³/mol. The van der Waals surface area contributed by atoms with Crippen molar-refractivity contribution < 1.29 is 32.3 Å². The van der Waals surface area contributed by atoms with Gasteiger partial charge in [0, 0.05) is 18.7 Å². The maximum Gasteiger partial charge on any atom is 0.324 e. The van der Waals surface area contributed by atoms with Gasteiger partial charge in [-0.25, -0.2) is 8.42 Å². The molecule has 184 valence electrons. The SMILES string of the molecule is COc1ccc(S(=O)(=O)N[C@H](C(=O)OCC(=O)N(CCC(N)=O)c2ccccc2)C(C)C)cc1. The van der Waals surface area contributed by atoms with E-state index in [-0.39, 0.29) is 17.9 Å². The van der Waals surface area contributed by atoms with Gasteiger partial charge in [0.05, 0.1) is 12.0 Å². The third-order valence-electron chi connectivity index (χ3n) is 4.86. The Morgan fingerprint density at radius 3 is 2.18 bits per heavy atom. The van der Waals surface area contributed by atoms with Gasteiger partial charge < -0.3 is 20.1 Å². The molecule has 3 N–H and O–H groups in total. The molecule has 0 unspecified atom stereocenters. The average molecular weight is 492 g/mol. The van der Waals surface area contributed by atoms with Crippen LogP contribution in [-0.4, -0.2) is 52.5 Å². The van der Waals surface area contributed by atoms with Crippen LogP contribution in [0.3, 0.4) is 0 Å². The summed E-state index contributed by atoms with van der Waals surface area (Å²) in [5.41, 5.74) is 5.71. The van der Waals surface area contributed by atoms with Crippen molar-refractivity contribution in [2.24, 2.45) is 11.7 Å². The van der Waals surface area contributed by atoms with Gasteiger partial charge in [-0.05, 0) is 42.3 Å². The molecule has 2 rings (SSSR count). The number of nitrogens with one attached hydrogen (secondary N) is 1. The third-order valence-corrected chi connectivity index (χ3v) is 6.32. The number of hydrogen-bond acceptors (Lipinski definition) is 7. The monoisotopic (exact) mass is 491 g/mol. The molecule has 0 saturated carbocycles. The Bertz CT molecular complexity index is 1090. The number of ether oxygens (including phenoxy) is 2. The van der Waals surface area contributed by atoms with E-state index in [1.165, 1.54) is 36.3 Å². The van der Waals surface area contributed by atoms with E-state index in [1.807, 2.05) is 0 Å². The Morgan fingerprint density at radius 1 is 1.03 bits per heavy atom. The zero-order chi connectivity index (χ0) is 25.3. The van der Waals surface area contributed by atoms with Crippen molar-refractivity contribution in [2.45, 2.75) is 31.2 Å². The molecule has 0 spiro atoms. The summed E-state index contributed by atoms with van der Waals surface area (Å²) in [7, 11) is -2.58. The van der Waals surface area contributed by atoms with Crippen LogP contribution in [0.4, 0.5) is 5.69 Å². The summed E-state index contributed by atoms with van der Waals surface area (Å²) in [5, 5.41) is 0. The summed E-state index contributed by atoms with van der Waals surface area (Å²) in [4.78, 5) is 37.9. The number of carbonyl (C=O) groups excluding carboxylic acids is 3. The smallest absolute Gasteiger partial charge is 0.324 e. The molecule has 0 fully saturated rings. The van der Waals surface area contributed by atoms with Gasteiger partial charge in [0.1, 0.15) is 11.8 Å². The molecule has 0 heterocycles. The van der Waals surface area contributed by atoms with Crippen LogP contribution in [0.5, 0.6) is 5.75 Å². The summed E-state index contributed by atoms with van der Waals surface area (Å²) in [6.45, 7) is 2.66. The summed E-state index contributed by atoms with van der Waals surface area (Å²) >= 11 is 0. The fourth-order valence-electron chi connectivity index (χ4n) is 2.97. The van der Waals surface area contributed by atoms with Crippen LogP contribution in [0.2, 0.25) is 0 Å². The summed E-state index contributed by atoms with van der Waals surface area (Å²) in [6, 6.07) is 13.0. The van der Waals surface area contributed by atoms with Crippen LogP contribution in [0, 0.1) is 5.92 Å². The lowest BCUT2D eigenvalue weighted by molar-refractivity contribution is -0.150. The third kappa shape index (κ3) is 7.56. The number of nitrogens with two attached hydrogens (primary N) is 1. The summed E-state index contributed by atoms with van der Waals surface area (Å²) in [6.07, 6.45) is -0.0785. The molecular weight excluding hydrogens is 462 g/mol. The van der Waals surface area contributed by atoms with Crippen molar-refractivity contribution in [3.8, 4) is 5.75 Å². The number of carbonyl (C=O) groups is 3. The van der Waals surface area contributed by atoms with Gasteiger partial charge in [0.15, 0.2) is 6.61 Å². The Morgan fingerprint density at radius 2 is 1.65 bits per heavy atom. The quantitative estimate of drug-likeness (QED) is 0.427. The second kappa shape index (κ2) is 12.1. The predicted octanol–water partition coefficient (Wildman–Crippen LogP) is 1.45. The van der Waals surface area contributed by atoms with E-state index in [1.54, 1.807) is 44.2 Å². The molecule has 34 heavy (non-hydrogen) atoms. The first-order valence-electron chi connectivity index (χ1n) is 10.5. The van der Waals surface area contributed by atoms with E-state index in [0.29, 0.717) is 11.4 Å². The van der Waals surface area contributed by atoms with E-state index >= 15 is 0 Å². The number of hydrogen-bond donors (Lipinski definition) is 2. The van der Waals surface area contributed by atoms with Crippen LogP contribution in [0.1, 0.15) is 20.3 Å². The van der Waals surface area contributed by atoms with Gasteiger partial charge in [-0.2, -0.15) is 4.72 Å². The number of methoxy groups -OCH3 is 1. The fourth-order valence-corrected chi connectivity index (χ4v) is 4.31. The number of primary amides is 1. The first-order valence-corrected chi connectivity index (χ1v) is 12.0. The number of esters is 1. The molecule has 11 heteroatoms. The molecule has 0 radical (unpaired) electrons. The Hall–Kier alpha value is -3.44. The number of benzene rings is 2. The van der Waals surface area contributed by atoms with Gasteiger partial charge in [0.2, 0.25) is 15.9 Å². The van der Waals surface area contributed by atoms with E-state index < -0.39 is 46.4 Å². The minimum atomic E-state index is -4.04. The molecular formula is C23H29N3O7S. The number of sulfonamides is 1. The zero-order valence-corrected chi connectivity index (χ0v) is 20.1. The van der Waals surface area contributed by atoms with Crippen LogP contribution in [-0.2, 0) is 29.1 Å². The maximum absolute atomic E-state index is 12.8. The molecule has 0 bridgehead atoms. The highest BCUT2D eigenvalue weighted by Crippen LogP contribution is 2.18. The van der Waals surface area contributed by atoms with Gasteiger partial charge in [-0.15, -0.1) is 0 Å². The van der Waals surface area contributed by atoms with Gasteiger partial charge >= 0.3 is 5.97 Å². The van der Waals surface area contributed by atoms with Crippen molar-refractivity contribution >= 4 is 33.5 Å². The van der Waals surface area contributed by atoms with Crippen molar-refractivity contribution in [2.75, 3.05) is 25.2 Å². The number of amides is 2. The Labute approximate surface area is 199 Å². The minimum Gasteiger partial charge on any atom is -0.497 e. The standard InChI is InChI=1S/C23H29N3O7S/c1-16(2)22(25-34(30,31)19-11-9-18(32-3)10-12-19)23(29)33-15-21(28)26(14-13-20(24)27)17-7-5-4-6-8-17/h4-12,16,22,25H,13-15H2,1-3H3,(H2,24,27)/t22-/m0/s1. The van der Waals surface area contributed by atoms with Crippen molar-refractivity contribution in [1.29, 1.82) is 0 Å². The second-order valence-corrected chi connectivity index (χ2v) is 9.44. The van der Waals surface area contributed by atoms with Gasteiger partial charge in [-0.1, -0.05) is 32.0 Å². The van der Waals surface area contributed by atoms with E-state index in [2.05, 4.69) is 4.72 Å². The molecule has 0 aliphatic rings. The van der Waals surface area contributed by atoms with E-state index in [9.17, 15) is 22.8 Å². The average Bonchev–Trinajstić information content (AvgIpc) is 2.81. The number of rotatable bonds is 12. The molecule has 2 amide bonds. The first kappa shape index (κ1) is 26.8. The molecule has 0 aromatic heterocycles. The van der Waals surface area contributed by atoms with Crippen molar-refractivity contribution in [3.05, 3.63) is 54.6 Å². The molecule has 10 nitrogen and oxygen atoms in total. The number of nitrogens with zero attached hydrogens (tertiary/aromatic N) is 1. The summed E-state index contributed by atoms with van der Waals surface area (Å²) in [5.74, 6) is -2.05. The fraction of sp³-hybridized carbons (Fsp3) is 0.348. The number of para-hydroxylation sites is 1. The highest BCUT2D eigenvalue weighted by Gasteiger charge is 2.30. The van der Waals surface area contributed by atoms with E-state index in [0.717, 1.165) is 0 Å². The number of anilines is 1. The largest absolute Gasteiger partial charge is 0.497 e. The first-order chi connectivity index (χ1) is 16.0. The molecule has 0 saturated heterocycles. The lowest BCUT2D eigenvalue weighted by Crippen LogP contribution is -2.46. The highest BCUT2D eigenvalue weighted by atomic mass is 32.2. The van der Waals surface area contributed by atoms with Crippen LogP contribution < -0.4 is 20.1 Å². The van der Waals surface area contributed by atoms with Crippen molar-refractivity contribution in [1.82, 2.24) is 4.72 Å². The maximum atomic E-state index is 12.8. The topological polar surface area (TPSA) is 145 Å². The molecule has 0 aliphatic carbocycles. The van der Waals surface area contributed by atoms with Crippen LogP contribution in [0.15, 0.2) is 59.5 Å². The molecule has 2 aromatic carbocycles. The lowest BCUT2D eigenvalue weighted by atomic mass is 10.1. The Kier molecular flexibility index (Phi) is 9.58. The van der Waals surface area contributed by atoms with Gasteiger partial charge in [0.25, 0.3) is 5.91 Å². The van der Waals surface area contributed by atoms with E-state index in [4.69, 9.17) is 15.2 Å². The molecule has 0 aliphatic heterocycles. The van der Waals surface area contributed by atoms with Crippen molar-refractivity contribution in [3.63, 3.8) is 0 Å². The Balaban J connectivity index is 2.10. The van der Waals surface area contributed by atoms with Crippen LogP contribution in [0.25, 0.3) is 0 Å². The van der Waals surface area contributed by atoms with Crippen LogP contribution >= 0.6 is 0 Å². The molecule has 2 aromatic rings. The molecule has 1 atom stereocenters. The minimum absolute atomic E-state index is 0.00738. The van der Waals surface area contributed by atoms with Gasteiger partial charge in [-0.3, -0.25) is 14.4 Å². The second-order valence-electron chi connectivity index (χ2n) is 7.72. The highest BCUT2D eigenvalue weighted by molar-refractivity contribution is 7.89. The lowest BCUT2D eigenvalue weighted by Gasteiger charge is -2.24. The summed E-state index contributed by atoms with van der Waals surface area (Å²) < 4.78 is 38.0. The zero-order valence-electron chi connectivity index (χ0n) is 19.3.